The van der Waals surface area contributed by atoms with Crippen LogP contribution in [0.2, 0.25) is 0 Å². The van der Waals surface area contributed by atoms with Gasteiger partial charge < -0.3 is 4.74 Å². The highest BCUT2D eigenvalue weighted by Crippen LogP contribution is 2.41. The van der Waals surface area contributed by atoms with Crippen molar-refractivity contribution in [3.8, 4) is 5.75 Å². The number of halogens is 4. The van der Waals surface area contributed by atoms with E-state index in [4.69, 9.17) is 0 Å². The van der Waals surface area contributed by atoms with E-state index in [-0.39, 0.29) is 5.75 Å². The van der Waals surface area contributed by atoms with Crippen LogP contribution in [-0.4, -0.2) is 6.36 Å². The topological polar surface area (TPSA) is 9.23 Å². The molecule has 13 heavy (non-hydrogen) atoms. The second-order valence-corrected chi connectivity index (χ2v) is 2.64. The summed E-state index contributed by atoms with van der Waals surface area (Å²) in [6.07, 6.45) is -4.49. The fourth-order valence-corrected chi connectivity index (χ4v) is 1.22. The molecule has 5 heteroatoms. The van der Waals surface area contributed by atoms with Crippen molar-refractivity contribution >= 4 is 0 Å². The molecule has 0 fully saturated rings. The molecule has 2 unspecified atom stereocenters. The molecular formula is C8H4F4O. The van der Waals surface area contributed by atoms with Gasteiger partial charge in [-0.25, -0.2) is 13.2 Å². The maximum absolute atomic E-state index is 12.9. The van der Waals surface area contributed by atoms with Gasteiger partial charge >= 0.3 is 0 Å². The summed E-state index contributed by atoms with van der Waals surface area (Å²) >= 11 is 0. The number of hydrogen-bond acceptors (Lipinski definition) is 1. The summed E-state index contributed by atoms with van der Waals surface area (Å²) in [5.74, 6) is -2.87. The molecule has 2 atom stereocenters. The fourth-order valence-electron chi connectivity index (χ4n) is 1.22. The van der Waals surface area contributed by atoms with Gasteiger partial charge in [0.2, 0.25) is 0 Å². The van der Waals surface area contributed by atoms with Crippen LogP contribution in [0.1, 0.15) is 11.7 Å². The monoisotopic (exact) mass is 192 g/mol. The minimum atomic E-state index is -2.24. The average molecular weight is 192 g/mol. The van der Waals surface area contributed by atoms with E-state index >= 15 is 0 Å². The molecule has 1 heterocycles. The van der Waals surface area contributed by atoms with Crippen molar-refractivity contribution < 1.29 is 22.3 Å². The van der Waals surface area contributed by atoms with Crippen LogP contribution in [0, 0.1) is 11.6 Å². The Hall–Kier alpha value is -1.26. The van der Waals surface area contributed by atoms with Crippen LogP contribution in [-0.2, 0) is 0 Å². The van der Waals surface area contributed by atoms with Gasteiger partial charge in [-0.15, -0.1) is 0 Å². The largest absolute Gasteiger partial charge is 0.456 e. The first kappa shape index (κ1) is 8.34. The number of rotatable bonds is 0. The molecule has 70 valence electrons. The predicted octanol–water partition coefficient (Wildman–Crippen LogP) is 2.66. The molecule has 0 radical (unpaired) electrons. The van der Waals surface area contributed by atoms with Crippen molar-refractivity contribution in [1.82, 2.24) is 0 Å². The highest BCUT2D eigenvalue weighted by atomic mass is 19.2. The van der Waals surface area contributed by atoms with Crippen LogP contribution in [0.15, 0.2) is 12.1 Å². The maximum atomic E-state index is 12.9. The molecule has 2 rings (SSSR count). The first-order chi connectivity index (χ1) is 6.11. The lowest BCUT2D eigenvalue weighted by molar-refractivity contribution is 0.0210. The van der Waals surface area contributed by atoms with Crippen molar-refractivity contribution in [3.63, 3.8) is 0 Å². The Morgan fingerprint density at radius 2 is 1.85 bits per heavy atom. The highest BCUT2D eigenvalue weighted by Gasteiger charge is 2.38. The maximum Gasteiger partial charge on any atom is 0.273 e. The van der Waals surface area contributed by atoms with Gasteiger partial charge in [0.05, 0.1) is 5.56 Å². The predicted molar refractivity (Wildman–Crippen MR) is 35.7 cm³/mol. The molecule has 1 aliphatic heterocycles. The number of hydrogen-bond donors (Lipinski definition) is 0. The summed E-state index contributed by atoms with van der Waals surface area (Å²) in [6, 6.07) is 1.76. The first-order valence-corrected chi connectivity index (χ1v) is 3.54. The Morgan fingerprint density at radius 3 is 2.54 bits per heavy atom. The van der Waals surface area contributed by atoms with E-state index in [1.807, 2.05) is 0 Å². The normalized spacial score (nSPS) is 25.5. The van der Waals surface area contributed by atoms with Gasteiger partial charge in [-0.05, 0) is 12.1 Å². The number of alkyl halides is 2. The van der Waals surface area contributed by atoms with Crippen molar-refractivity contribution in [1.29, 1.82) is 0 Å². The minimum Gasteiger partial charge on any atom is -0.456 e. The Bertz CT molecular complexity index is 352. The Kier molecular flexibility index (Phi) is 1.68. The molecule has 1 aromatic rings. The summed E-state index contributed by atoms with van der Waals surface area (Å²) < 4.78 is 55.1. The van der Waals surface area contributed by atoms with Crippen molar-refractivity contribution in [2.75, 3.05) is 0 Å². The third-order valence-electron chi connectivity index (χ3n) is 1.84. The molecule has 0 N–H and O–H groups in total. The van der Waals surface area contributed by atoms with Gasteiger partial charge in [-0.2, -0.15) is 4.39 Å². The molecule has 0 aliphatic carbocycles. The lowest BCUT2D eigenvalue weighted by Gasteiger charge is -2.00. The van der Waals surface area contributed by atoms with Crippen molar-refractivity contribution in [2.45, 2.75) is 12.5 Å². The molecule has 1 nitrogen and oxygen atoms in total. The number of fused-ring (bicyclic) bond motifs is 1. The van der Waals surface area contributed by atoms with E-state index in [9.17, 15) is 17.6 Å². The van der Waals surface area contributed by atoms with Gasteiger partial charge in [0.1, 0.15) is 5.75 Å². The second kappa shape index (κ2) is 2.61. The van der Waals surface area contributed by atoms with E-state index in [1.54, 1.807) is 0 Å². The van der Waals surface area contributed by atoms with Crippen molar-refractivity contribution in [3.05, 3.63) is 29.3 Å². The lowest BCUT2D eigenvalue weighted by Crippen LogP contribution is -2.08. The van der Waals surface area contributed by atoms with Crippen LogP contribution in [0.3, 0.4) is 0 Å². The zero-order valence-corrected chi connectivity index (χ0v) is 6.23. The van der Waals surface area contributed by atoms with Crippen LogP contribution < -0.4 is 4.74 Å². The minimum absolute atomic E-state index is 0.279. The van der Waals surface area contributed by atoms with E-state index in [2.05, 4.69) is 4.74 Å². The quantitative estimate of drug-likeness (QED) is 0.574. The Labute approximate surface area is 70.9 Å². The molecule has 1 aliphatic rings. The smallest absolute Gasteiger partial charge is 0.273 e. The Balaban J connectivity index is 2.59. The number of benzene rings is 1. The van der Waals surface area contributed by atoms with Crippen LogP contribution >= 0.6 is 0 Å². The second-order valence-electron chi connectivity index (χ2n) is 2.64. The van der Waals surface area contributed by atoms with E-state index in [1.165, 1.54) is 0 Å². The molecule has 0 amide bonds. The molecular weight excluding hydrogens is 188 g/mol. The molecule has 0 bridgehead atoms. The van der Waals surface area contributed by atoms with Gasteiger partial charge in [-0.1, -0.05) is 0 Å². The van der Waals surface area contributed by atoms with Crippen molar-refractivity contribution in [2.24, 2.45) is 0 Å². The third kappa shape index (κ3) is 1.07. The third-order valence-corrected chi connectivity index (χ3v) is 1.84. The SMILES string of the molecule is Fc1ccc2c(c1F)C(F)C(F)O2. The van der Waals surface area contributed by atoms with E-state index < -0.39 is 29.7 Å². The fraction of sp³-hybridized carbons (Fsp3) is 0.250. The zero-order valence-electron chi connectivity index (χ0n) is 6.23. The van der Waals surface area contributed by atoms with Crippen LogP contribution in [0.25, 0.3) is 0 Å². The summed E-state index contributed by atoms with van der Waals surface area (Å²) in [4.78, 5) is 0. The molecule has 1 aromatic carbocycles. The standard InChI is InChI=1S/C8H4F4O/c9-3-1-2-4-5(6(3)10)7(11)8(12)13-4/h1-2,7-8H. The van der Waals surface area contributed by atoms with Gasteiger partial charge in [0.25, 0.3) is 6.36 Å². The molecule has 0 aromatic heterocycles. The average Bonchev–Trinajstić information content (AvgIpc) is 2.37. The zero-order chi connectivity index (χ0) is 9.59. The van der Waals surface area contributed by atoms with Crippen LogP contribution in [0.5, 0.6) is 5.75 Å². The van der Waals surface area contributed by atoms with E-state index in [0.717, 1.165) is 12.1 Å². The van der Waals surface area contributed by atoms with E-state index in [0.29, 0.717) is 0 Å². The summed E-state index contributed by atoms with van der Waals surface area (Å²) in [5, 5.41) is 0. The van der Waals surface area contributed by atoms with Gasteiger partial charge in [0.15, 0.2) is 17.8 Å². The van der Waals surface area contributed by atoms with Crippen LogP contribution in [0.4, 0.5) is 17.6 Å². The summed E-state index contributed by atoms with van der Waals surface area (Å²) in [5.41, 5.74) is -0.674. The molecule has 0 saturated heterocycles. The Morgan fingerprint density at radius 1 is 1.15 bits per heavy atom. The summed E-state index contributed by atoms with van der Waals surface area (Å²) in [6.45, 7) is 0. The lowest BCUT2D eigenvalue weighted by atomic mass is 10.1. The first-order valence-electron chi connectivity index (χ1n) is 3.54. The van der Waals surface area contributed by atoms with Gasteiger partial charge in [-0.3, -0.25) is 0 Å². The highest BCUT2D eigenvalue weighted by molar-refractivity contribution is 5.40. The number of ether oxygens (including phenoxy) is 1. The molecule has 0 spiro atoms. The molecule has 0 saturated carbocycles. The summed E-state index contributed by atoms with van der Waals surface area (Å²) in [7, 11) is 0. The van der Waals surface area contributed by atoms with Gasteiger partial charge in [0, 0.05) is 0 Å².